The molecule has 3 rings (SSSR count). The largest absolute Gasteiger partial charge is 0.376 e. The highest BCUT2D eigenvalue weighted by molar-refractivity contribution is 9.11. The topological polar surface area (TPSA) is 110 Å². The first-order valence-corrected chi connectivity index (χ1v) is 12.2. The third-order valence-corrected chi connectivity index (χ3v) is 7.96. The first kappa shape index (κ1) is 22.9. The molecule has 0 bridgehead atoms. The summed E-state index contributed by atoms with van der Waals surface area (Å²) < 4.78 is 27.8. The van der Waals surface area contributed by atoms with Crippen molar-refractivity contribution in [2.24, 2.45) is 0 Å². The third kappa shape index (κ3) is 5.08. The molecular formula is C19H19Br2N3O5S. The van der Waals surface area contributed by atoms with Crippen molar-refractivity contribution in [3.05, 3.63) is 61.0 Å². The van der Waals surface area contributed by atoms with Crippen LogP contribution < -0.4 is 5.32 Å². The Morgan fingerprint density at radius 3 is 2.17 bits per heavy atom. The molecule has 1 fully saturated rings. The highest BCUT2D eigenvalue weighted by Gasteiger charge is 2.26. The second-order valence-corrected chi connectivity index (χ2v) is 10.5. The Kier molecular flexibility index (Phi) is 7.27. The van der Waals surface area contributed by atoms with Gasteiger partial charge in [-0.05, 0) is 69.0 Å². The number of carbonyl (C=O) groups is 1. The van der Waals surface area contributed by atoms with Crippen LogP contribution in [-0.4, -0.2) is 43.1 Å². The van der Waals surface area contributed by atoms with Gasteiger partial charge in [-0.2, -0.15) is 4.31 Å². The SMILES string of the molecule is O=C(CNc1c(Br)cc([N+](=O)[O-])cc1Br)c1ccc(S(=O)(=O)N2CCCCC2)cc1. The van der Waals surface area contributed by atoms with Gasteiger partial charge in [-0.25, -0.2) is 8.42 Å². The predicted octanol–water partition coefficient (Wildman–Crippen LogP) is 4.59. The number of nitro benzene ring substituents is 1. The summed E-state index contributed by atoms with van der Waals surface area (Å²) in [6.45, 7) is 0.977. The lowest BCUT2D eigenvalue weighted by molar-refractivity contribution is -0.385. The van der Waals surface area contributed by atoms with Crippen molar-refractivity contribution < 1.29 is 18.1 Å². The number of non-ortho nitro benzene ring substituents is 1. The van der Waals surface area contributed by atoms with Crippen molar-refractivity contribution in [1.29, 1.82) is 0 Å². The number of hydrogen-bond acceptors (Lipinski definition) is 6. The number of nitrogens with one attached hydrogen (secondary N) is 1. The number of hydrogen-bond donors (Lipinski definition) is 1. The average Bonchev–Trinajstić information content (AvgIpc) is 2.73. The zero-order valence-electron chi connectivity index (χ0n) is 15.8. The summed E-state index contributed by atoms with van der Waals surface area (Å²) in [5.41, 5.74) is 0.795. The maximum absolute atomic E-state index is 12.7. The van der Waals surface area contributed by atoms with Crippen LogP contribution in [0.2, 0.25) is 0 Å². The number of sulfonamides is 1. The minimum atomic E-state index is -3.54. The fraction of sp³-hybridized carbons (Fsp3) is 0.316. The monoisotopic (exact) mass is 559 g/mol. The van der Waals surface area contributed by atoms with Crippen LogP contribution in [0.5, 0.6) is 0 Å². The van der Waals surface area contributed by atoms with E-state index in [1.54, 1.807) is 0 Å². The van der Waals surface area contributed by atoms with Crippen molar-refractivity contribution >= 4 is 59.0 Å². The molecule has 0 aromatic heterocycles. The van der Waals surface area contributed by atoms with E-state index in [2.05, 4.69) is 37.2 Å². The molecule has 1 aliphatic rings. The van der Waals surface area contributed by atoms with Crippen molar-refractivity contribution in [3.63, 3.8) is 0 Å². The van der Waals surface area contributed by atoms with E-state index in [4.69, 9.17) is 0 Å². The number of nitro groups is 1. The molecule has 8 nitrogen and oxygen atoms in total. The van der Waals surface area contributed by atoms with Gasteiger partial charge in [0.1, 0.15) is 0 Å². The maximum atomic E-state index is 12.7. The zero-order chi connectivity index (χ0) is 21.9. The van der Waals surface area contributed by atoms with Crippen molar-refractivity contribution in [2.75, 3.05) is 25.0 Å². The van der Waals surface area contributed by atoms with E-state index in [0.29, 0.717) is 33.3 Å². The molecule has 1 aliphatic heterocycles. The molecule has 0 aliphatic carbocycles. The molecule has 1 heterocycles. The highest BCUT2D eigenvalue weighted by atomic mass is 79.9. The predicted molar refractivity (Wildman–Crippen MR) is 120 cm³/mol. The van der Waals surface area contributed by atoms with E-state index in [1.165, 1.54) is 40.7 Å². The Hall–Kier alpha value is -1.82. The van der Waals surface area contributed by atoms with E-state index in [1.807, 2.05) is 0 Å². The van der Waals surface area contributed by atoms with Crippen LogP contribution in [0.1, 0.15) is 29.6 Å². The van der Waals surface area contributed by atoms with E-state index < -0.39 is 14.9 Å². The fourth-order valence-corrected chi connectivity index (χ4v) is 6.13. The van der Waals surface area contributed by atoms with Gasteiger partial charge < -0.3 is 5.32 Å². The number of halogens is 2. The summed E-state index contributed by atoms with van der Waals surface area (Å²) >= 11 is 6.52. The van der Waals surface area contributed by atoms with Gasteiger partial charge in [-0.3, -0.25) is 14.9 Å². The molecule has 0 unspecified atom stereocenters. The highest BCUT2D eigenvalue weighted by Crippen LogP contribution is 2.35. The van der Waals surface area contributed by atoms with Gasteiger partial charge in [0.05, 0.1) is 22.1 Å². The van der Waals surface area contributed by atoms with Crippen LogP contribution in [0.4, 0.5) is 11.4 Å². The van der Waals surface area contributed by atoms with E-state index in [0.717, 1.165) is 19.3 Å². The number of nitrogens with zero attached hydrogens (tertiary/aromatic N) is 2. The molecule has 0 radical (unpaired) electrons. The third-order valence-electron chi connectivity index (χ3n) is 4.79. The van der Waals surface area contributed by atoms with Gasteiger partial charge in [0.15, 0.2) is 5.78 Å². The van der Waals surface area contributed by atoms with Crippen LogP contribution in [0.25, 0.3) is 0 Å². The quantitative estimate of drug-likeness (QED) is 0.301. The van der Waals surface area contributed by atoms with Crippen LogP contribution in [0, 0.1) is 10.1 Å². The Morgan fingerprint density at radius 2 is 1.63 bits per heavy atom. The Bertz CT molecular complexity index is 1050. The van der Waals surface area contributed by atoms with Gasteiger partial charge in [0.2, 0.25) is 10.0 Å². The summed E-state index contributed by atoms with van der Waals surface area (Å²) in [6, 6.07) is 8.60. The Morgan fingerprint density at radius 1 is 1.07 bits per heavy atom. The van der Waals surface area contributed by atoms with E-state index in [-0.39, 0.29) is 22.9 Å². The fourth-order valence-electron chi connectivity index (χ4n) is 3.17. The lowest BCUT2D eigenvalue weighted by atomic mass is 10.1. The number of ketones is 1. The smallest absolute Gasteiger partial charge is 0.271 e. The van der Waals surface area contributed by atoms with Crippen LogP contribution in [-0.2, 0) is 10.0 Å². The van der Waals surface area contributed by atoms with Crippen LogP contribution in [0.3, 0.4) is 0 Å². The standard InChI is InChI=1S/C19H19Br2N3O5S/c20-16-10-14(24(26)27)11-17(21)19(16)22-12-18(25)13-4-6-15(7-5-13)30(28,29)23-8-2-1-3-9-23/h4-7,10-11,22H,1-3,8-9,12H2. The molecule has 2 aromatic rings. The minimum Gasteiger partial charge on any atom is -0.376 e. The number of piperidine rings is 1. The zero-order valence-corrected chi connectivity index (χ0v) is 19.8. The number of anilines is 1. The second-order valence-electron chi connectivity index (χ2n) is 6.81. The Labute approximate surface area is 191 Å². The summed E-state index contributed by atoms with van der Waals surface area (Å²) in [4.78, 5) is 23.1. The molecular weight excluding hydrogens is 542 g/mol. The summed E-state index contributed by atoms with van der Waals surface area (Å²) in [5.74, 6) is -0.242. The van der Waals surface area contributed by atoms with Crippen molar-refractivity contribution in [1.82, 2.24) is 4.31 Å². The van der Waals surface area contributed by atoms with Crippen molar-refractivity contribution in [2.45, 2.75) is 24.2 Å². The summed E-state index contributed by atoms with van der Waals surface area (Å²) in [5, 5.41) is 13.9. The van der Waals surface area contributed by atoms with E-state index >= 15 is 0 Å². The molecule has 1 N–H and O–H groups in total. The summed E-state index contributed by atoms with van der Waals surface area (Å²) in [7, 11) is -3.54. The van der Waals surface area contributed by atoms with E-state index in [9.17, 15) is 23.3 Å². The molecule has 30 heavy (non-hydrogen) atoms. The number of rotatable bonds is 7. The second kappa shape index (κ2) is 9.54. The molecule has 0 spiro atoms. The summed E-state index contributed by atoms with van der Waals surface area (Å²) in [6.07, 6.45) is 2.75. The average molecular weight is 561 g/mol. The van der Waals surface area contributed by atoms with Gasteiger partial charge in [0, 0.05) is 39.7 Å². The van der Waals surface area contributed by atoms with Crippen LogP contribution in [0.15, 0.2) is 50.2 Å². The van der Waals surface area contributed by atoms with Gasteiger partial charge in [0.25, 0.3) is 5.69 Å². The maximum Gasteiger partial charge on any atom is 0.271 e. The number of benzene rings is 2. The first-order valence-electron chi connectivity index (χ1n) is 9.21. The molecule has 160 valence electrons. The van der Waals surface area contributed by atoms with Gasteiger partial charge >= 0.3 is 0 Å². The molecule has 0 amide bonds. The number of Topliss-reactive ketones (excluding diaryl/α,β-unsaturated/α-hetero) is 1. The molecule has 11 heteroatoms. The lowest BCUT2D eigenvalue weighted by Gasteiger charge is -2.25. The van der Waals surface area contributed by atoms with Gasteiger partial charge in [-0.15, -0.1) is 0 Å². The minimum absolute atomic E-state index is 0.0623. The molecule has 2 aromatic carbocycles. The van der Waals surface area contributed by atoms with Crippen molar-refractivity contribution in [3.8, 4) is 0 Å². The first-order chi connectivity index (χ1) is 14.2. The molecule has 0 atom stereocenters. The lowest BCUT2D eigenvalue weighted by Crippen LogP contribution is -2.35. The van der Waals surface area contributed by atoms with Crippen LogP contribution >= 0.6 is 31.9 Å². The number of carbonyl (C=O) groups excluding carboxylic acids is 1. The van der Waals surface area contributed by atoms with Gasteiger partial charge in [-0.1, -0.05) is 6.42 Å². The molecule has 0 saturated carbocycles. The molecule has 1 saturated heterocycles. The normalized spacial score (nSPS) is 15.0. The Balaban J connectivity index is 1.69.